The number of carbonyl (C=O) groups excluding carboxylic acids is 1. The average Bonchev–Trinajstić information content (AvgIpc) is 3.27. The normalized spacial score (nSPS) is 28.5. The molecule has 0 N–H and O–H groups in total. The van der Waals surface area contributed by atoms with E-state index in [2.05, 4.69) is 40.8 Å². The number of hydrogen-bond acceptors (Lipinski definition) is 5. The van der Waals surface area contributed by atoms with Crippen molar-refractivity contribution in [2.24, 2.45) is 11.8 Å². The lowest BCUT2D eigenvalue weighted by Gasteiger charge is -2.26. The monoisotopic (exact) mass is 411 g/mol. The molecule has 3 unspecified atom stereocenters. The first-order valence-electron chi connectivity index (χ1n) is 10.2. The number of anilines is 1. The maximum Gasteiger partial charge on any atom is 0.406 e. The van der Waals surface area contributed by atoms with Crippen LogP contribution in [0.15, 0.2) is 12.1 Å². The van der Waals surface area contributed by atoms with Crippen molar-refractivity contribution in [1.82, 2.24) is 20.0 Å². The van der Waals surface area contributed by atoms with E-state index >= 15 is 0 Å². The van der Waals surface area contributed by atoms with Crippen LogP contribution in [-0.4, -0.2) is 77.4 Å². The van der Waals surface area contributed by atoms with Crippen molar-refractivity contribution in [3.63, 3.8) is 0 Å². The lowest BCUT2D eigenvalue weighted by atomic mass is 9.92. The summed E-state index contributed by atoms with van der Waals surface area (Å²) in [4.78, 5) is 17.7. The molecule has 1 aromatic heterocycles. The predicted molar refractivity (Wildman–Crippen MR) is 103 cm³/mol. The van der Waals surface area contributed by atoms with Gasteiger partial charge in [-0.15, -0.1) is 5.10 Å². The summed E-state index contributed by atoms with van der Waals surface area (Å²) >= 11 is 0. The number of hydrogen-bond donors (Lipinski definition) is 0. The van der Waals surface area contributed by atoms with Gasteiger partial charge in [0.1, 0.15) is 6.54 Å². The number of aromatic nitrogens is 2. The molecule has 3 saturated heterocycles. The van der Waals surface area contributed by atoms with Crippen molar-refractivity contribution in [1.29, 1.82) is 0 Å². The van der Waals surface area contributed by atoms with Gasteiger partial charge in [0.15, 0.2) is 5.82 Å². The van der Waals surface area contributed by atoms with E-state index in [-0.39, 0.29) is 17.9 Å². The number of carbonyl (C=O) groups is 1. The van der Waals surface area contributed by atoms with Gasteiger partial charge < -0.3 is 9.80 Å². The van der Waals surface area contributed by atoms with Gasteiger partial charge in [-0.2, -0.15) is 18.3 Å². The molecule has 9 heteroatoms. The average molecular weight is 411 g/mol. The van der Waals surface area contributed by atoms with Gasteiger partial charge in [0.05, 0.1) is 11.7 Å². The molecule has 0 radical (unpaired) electrons. The van der Waals surface area contributed by atoms with Crippen LogP contribution in [0.2, 0.25) is 0 Å². The first kappa shape index (κ1) is 20.4. The van der Waals surface area contributed by atoms with E-state index in [1.807, 2.05) is 12.1 Å². The van der Waals surface area contributed by atoms with Gasteiger partial charge in [-0.3, -0.25) is 9.69 Å². The van der Waals surface area contributed by atoms with Crippen molar-refractivity contribution >= 4 is 11.7 Å². The molecule has 3 aliphatic rings. The Balaban J connectivity index is 1.34. The molecule has 4 heterocycles. The van der Waals surface area contributed by atoms with Crippen LogP contribution in [0.1, 0.15) is 32.9 Å². The summed E-state index contributed by atoms with van der Waals surface area (Å²) < 4.78 is 37.9. The molecule has 160 valence electrons. The third kappa shape index (κ3) is 4.20. The summed E-state index contributed by atoms with van der Waals surface area (Å²) in [5, 5.41) is 8.77. The Bertz CT molecular complexity index is 747. The van der Waals surface area contributed by atoms with Crippen molar-refractivity contribution < 1.29 is 18.0 Å². The topological polar surface area (TPSA) is 52.6 Å². The molecular weight excluding hydrogens is 383 g/mol. The Labute approximate surface area is 169 Å². The molecule has 3 atom stereocenters. The fourth-order valence-electron chi connectivity index (χ4n) is 4.80. The van der Waals surface area contributed by atoms with Gasteiger partial charge in [0.25, 0.3) is 0 Å². The summed E-state index contributed by atoms with van der Waals surface area (Å²) in [5.74, 6) is 1.31. The van der Waals surface area contributed by atoms with Gasteiger partial charge in [0.2, 0.25) is 5.91 Å². The number of halogens is 3. The molecular formula is C20H28F3N5O. The van der Waals surface area contributed by atoms with Gasteiger partial charge in [-0.05, 0) is 30.4 Å². The minimum atomic E-state index is -4.34. The molecule has 4 rings (SSSR count). The molecule has 3 fully saturated rings. The van der Waals surface area contributed by atoms with E-state index in [9.17, 15) is 18.0 Å². The molecule has 6 nitrogen and oxygen atoms in total. The Morgan fingerprint density at radius 1 is 1.03 bits per heavy atom. The van der Waals surface area contributed by atoms with Crippen molar-refractivity contribution in [2.75, 3.05) is 44.2 Å². The lowest BCUT2D eigenvalue weighted by molar-refractivity contribution is -0.159. The summed E-state index contributed by atoms with van der Waals surface area (Å²) in [6.45, 7) is 8.56. The van der Waals surface area contributed by atoms with E-state index in [1.165, 1.54) is 0 Å². The zero-order chi connectivity index (χ0) is 21.0. The van der Waals surface area contributed by atoms with Gasteiger partial charge in [0, 0.05) is 38.1 Å². The number of alkyl halides is 3. The zero-order valence-electron chi connectivity index (χ0n) is 17.1. The largest absolute Gasteiger partial charge is 0.406 e. The summed E-state index contributed by atoms with van der Waals surface area (Å²) in [6.07, 6.45) is -3.85. The Kier molecular flexibility index (Phi) is 4.99. The quantitative estimate of drug-likeness (QED) is 0.764. The van der Waals surface area contributed by atoms with Crippen LogP contribution in [0.4, 0.5) is 19.0 Å². The number of fused-ring (bicyclic) bond motifs is 1. The fourth-order valence-corrected chi connectivity index (χ4v) is 4.80. The number of likely N-dealkylation sites (tertiary alicyclic amines) is 2. The third-order valence-electron chi connectivity index (χ3n) is 6.34. The molecule has 29 heavy (non-hydrogen) atoms. The number of rotatable bonds is 3. The lowest BCUT2D eigenvalue weighted by Crippen LogP contribution is -2.44. The minimum Gasteiger partial charge on any atom is -0.354 e. The maximum atomic E-state index is 12.6. The van der Waals surface area contributed by atoms with Crippen LogP contribution in [0.3, 0.4) is 0 Å². The Morgan fingerprint density at radius 3 is 2.21 bits per heavy atom. The predicted octanol–water partition coefficient (Wildman–Crippen LogP) is 2.31. The molecule has 3 aliphatic heterocycles. The summed E-state index contributed by atoms with van der Waals surface area (Å²) in [7, 11) is 0. The second-order valence-corrected chi connectivity index (χ2v) is 9.59. The van der Waals surface area contributed by atoms with E-state index in [0.717, 1.165) is 42.6 Å². The van der Waals surface area contributed by atoms with Crippen LogP contribution in [0, 0.1) is 11.8 Å². The Hall–Kier alpha value is -1.90. The van der Waals surface area contributed by atoms with Crippen LogP contribution < -0.4 is 4.90 Å². The SMILES string of the molecule is CC(C)(C)c1ccc(N2CC3CN(C4CCN(CC(F)(F)F)C4=O)CC3C2)nn1. The highest BCUT2D eigenvalue weighted by Crippen LogP contribution is 2.36. The van der Waals surface area contributed by atoms with Gasteiger partial charge >= 0.3 is 6.18 Å². The van der Waals surface area contributed by atoms with Gasteiger partial charge in [-0.1, -0.05) is 20.8 Å². The van der Waals surface area contributed by atoms with Crippen LogP contribution in [0.5, 0.6) is 0 Å². The summed E-state index contributed by atoms with van der Waals surface area (Å²) in [5.41, 5.74) is 0.913. The molecule has 1 amide bonds. The molecule has 0 saturated carbocycles. The van der Waals surface area contributed by atoms with Crippen LogP contribution >= 0.6 is 0 Å². The molecule has 0 spiro atoms. The second-order valence-electron chi connectivity index (χ2n) is 9.59. The van der Waals surface area contributed by atoms with Crippen molar-refractivity contribution in [3.8, 4) is 0 Å². The van der Waals surface area contributed by atoms with Gasteiger partial charge in [-0.25, -0.2) is 0 Å². The van der Waals surface area contributed by atoms with Crippen LogP contribution in [0.25, 0.3) is 0 Å². The second kappa shape index (κ2) is 7.11. The third-order valence-corrected chi connectivity index (χ3v) is 6.34. The highest BCUT2D eigenvalue weighted by molar-refractivity contribution is 5.84. The van der Waals surface area contributed by atoms with Crippen LogP contribution in [-0.2, 0) is 10.2 Å². The Morgan fingerprint density at radius 2 is 1.69 bits per heavy atom. The highest BCUT2D eigenvalue weighted by Gasteiger charge is 2.47. The maximum absolute atomic E-state index is 12.6. The zero-order valence-corrected chi connectivity index (χ0v) is 17.1. The van der Waals surface area contributed by atoms with Crippen molar-refractivity contribution in [3.05, 3.63) is 17.8 Å². The van der Waals surface area contributed by atoms with Crippen molar-refractivity contribution in [2.45, 2.75) is 44.8 Å². The first-order chi connectivity index (χ1) is 13.5. The molecule has 0 bridgehead atoms. The standard InChI is InChI=1S/C20H28F3N5O/c1-19(2,3)16-4-5-17(25-24-16)28-10-13-8-27(9-14(13)11-28)15-6-7-26(18(15)29)12-20(21,22)23/h4-5,13-15H,6-12H2,1-3H3. The fraction of sp³-hybridized carbons (Fsp3) is 0.750. The molecule has 1 aromatic rings. The molecule has 0 aromatic carbocycles. The van der Waals surface area contributed by atoms with E-state index in [4.69, 9.17) is 0 Å². The summed E-state index contributed by atoms with van der Waals surface area (Å²) in [6, 6.07) is 3.64. The first-order valence-corrected chi connectivity index (χ1v) is 10.2. The smallest absolute Gasteiger partial charge is 0.354 e. The van der Waals surface area contributed by atoms with E-state index < -0.39 is 18.8 Å². The number of nitrogens with zero attached hydrogens (tertiary/aromatic N) is 5. The highest BCUT2D eigenvalue weighted by atomic mass is 19.4. The number of amides is 1. The van der Waals surface area contributed by atoms with E-state index in [0.29, 0.717) is 18.3 Å². The minimum absolute atomic E-state index is 0.0403. The van der Waals surface area contributed by atoms with E-state index in [1.54, 1.807) is 0 Å². The molecule has 0 aliphatic carbocycles.